The van der Waals surface area contributed by atoms with Crippen molar-refractivity contribution < 1.29 is 24.2 Å². The van der Waals surface area contributed by atoms with Crippen molar-refractivity contribution in [2.75, 3.05) is 0 Å². The summed E-state index contributed by atoms with van der Waals surface area (Å²) in [5, 5.41) is 14.8. The van der Waals surface area contributed by atoms with Crippen molar-refractivity contribution in [2.24, 2.45) is 5.92 Å². The van der Waals surface area contributed by atoms with Gasteiger partial charge in [0, 0.05) is 0 Å². The van der Waals surface area contributed by atoms with Crippen LogP contribution in [0.5, 0.6) is 0 Å². The number of carboxylic acids is 1. The van der Waals surface area contributed by atoms with Crippen LogP contribution in [0.4, 0.5) is 4.79 Å². The van der Waals surface area contributed by atoms with Gasteiger partial charge in [-0.25, -0.2) is 9.59 Å². The van der Waals surface area contributed by atoms with Gasteiger partial charge in [0.05, 0.1) is 0 Å². The molecule has 7 nitrogen and oxygen atoms in total. The number of ether oxygens (including phenoxy) is 1. The third kappa shape index (κ3) is 19.2. The zero-order chi connectivity index (χ0) is 28.6. The minimum Gasteiger partial charge on any atom is -0.480 e. The lowest BCUT2D eigenvalue weighted by Gasteiger charge is -2.25. The molecule has 0 saturated carbocycles. The molecule has 0 aliphatic carbocycles. The molecule has 37 heavy (non-hydrogen) atoms. The maximum Gasteiger partial charge on any atom is 0.408 e. The molecule has 0 aromatic heterocycles. The van der Waals surface area contributed by atoms with E-state index in [-0.39, 0.29) is 5.92 Å². The van der Waals surface area contributed by atoms with Crippen LogP contribution in [0.1, 0.15) is 114 Å². The Morgan fingerprint density at radius 2 is 1.38 bits per heavy atom. The molecule has 0 aromatic carbocycles. The zero-order valence-corrected chi connectivity index (χ0v) is 24.7. The van der Waals surface area contributed by atoms with Gasteiger partial charge in [-0.15, -0.1) is 0 Å². The van der Waals surface area contributed by atoms with Crippen LogP contribution in [-0.2, 0) is 14.3 Å². The number of unbranched alkanes of at least 4 members (excludes halogenated alkanes) is 1. The standard InChI is InChI=1S/C30H52N2O5/c1-21(2)14-12-16-24(6)18-13-17-23(5)15-10-11-19-25(28(34)35)31-27(33)26(20-22(3)4)32-29(36)37-30(7,8)9/h14-15,18,22,25-26H,10-13,16-17,19-20H2,1-9H3,(H,31,33)(H,32,36)(H,34,35). The van der Waals surface area contributed by atoms with Gasteiger partial charge in [-0.1, -0.05) is 48.8 Å². The number of hydrogen-bond donors (Lipinski definition) is 3. The minimum absolute atomic E-state index is 0.123. The highest BCUT2D eigenvalue weighted by Gasteiger charge is 2.28. The first-order valence-electron chi connectivity index (χ1n) is 13.6. The molecule has 0 aliphatic heterocycles. The van der Waals surface area contributed by atoms with Crippen molar-refractivity contribution in [3.05, 3.63) is 34.9 Å². The van der Waals surface area contributed by atoms with E-state index in [1.807, 2.05) is 13.8 Å². The molecule has 2 amide bonds. The van der Waals surface area contributed by atoms with Crippen molar-refractivity contribution in [1.29, 1.82) is 0 Å². The molecule has 0 spiro atoms. The second kappa shape index (κ2) is 17.8. The van der Waals surface area contributed by atoms with Gasteiger partial charge in [0.25, 0.3) is 0 Å². The smallest absolute Gasteiger partial charge is 0.408 e. The highest BCUT2D eigenvalue weighted by atomic mass is 16.6. The molecule has 0 aromatic rings. The number of alkyl carbamates (subject to hydrolysis) is 1. The molecular weight excluding hydrogens is 468 g/mol. The Hall–Kier alpha value is -2.57. The Kier molecular flexibility index (Phi) is 16.6. The summed E-state index contributed by atoms with van der Waals surface area (Å²) in [5.41, 5.74) is 3.34. The van der Waals surface area contributed by atoms with Crippen LogP contribution in [0.3, 0.4) is 0 Å². The van der Waals surface area contributed by atoms with Crippen LogP contribution in [-0.4, -0.2) is 40.8 Å². The van der Waals surface area contributed by atoms with E-state index >= 15 is 0 Å². The maximum absolute atomic E-state index is 12.8. The Morgan fingerprint density at radius 3 is 1.86 bits per heavy atom. The van der Waals surface area contributed by atoms with Gasteiger partial charge >= 0.3 is 12.1 Å². The lowest BCUT2D eigenvalue weighted by Crippen LogP contribution is -2.52. The Balaban J connectivity index is 4.76. The van der Waals surface area contributed by atoms with Gasteiger partial charge in [-0.05, 0) is 106 Å². The summed E-state index contributed by atoms with van der Waals surface area (Å²) in [6, 6.07) is -1.87. The highest BCUT2D eigenvalue weighted by Crippen LogP contribution is 2.14. The van der Waals surface area contributed by atoms with Gasteiger partial charge < -0.3 is 20.5 Å². The number of aliphatic carboxylic acids is 1. The number of hydrogen-bond acceptors (Lipinski definition) is 4. The van der Waals surface area contributed by atoms with E-state index in [2.05, 4.69) is 56.6 Å². The predicted molar refractivity (Wildman–Crippen MR) is 151 cm³/mol. The number of carboxylic acid groups (broad SMARTS) is 1. The quantitative estimate of drug-likeness (QED) is 0.149. The lowest BCUT2D eigenvalue weighted by atomic mass is 10.0. The predicted octanol–water partition coefficient (Wildman–Crippen LogP) is 7.08. The Bertz CT molecular complexity index is 814. The Labute approximate surface area is 225 Å². The monoisotopic (exact) mass is 520 g/mol. The van der Waals surface area contributed by atoms with E-state index in [1.54, 1.807) is 20.8 Å². The number of nitrogens with one attached hydrogen (secondary N) is 2. The summed E-state index contributed by atoms with van der Waals surface area (Å²) >= 11 is 0. The van der Waals surface area contributed by atoms with Gasteiger partial charge in [0.15, 0.2) is 0 Å². The normalized spacial score (nSPS) is 14.1. The molecule has 0 radical (unpaired) electrons. The van der Waals surface area contributed by atoms with E-state index < -0.39 is 35.7 Å². The average molecular weight is 521 g/mol. The summed E-state index contributed by atoms with van der Waals surface area (Å²) < 4.78 is 5.26. The topological polar surface area (TPSA) is 105 Å². The lowest BCUT2D eigenvalue weighted by molar-refractivity contribution is -0.142. The molecule has 2 atom stereocenters. The maximum atomic E-state index is 12.8. The number of rotatable bonds is 16. The van der Waals surface area contributed by atoms with E-state index in [9.17, 15) is 19.5 Å². The van der Waals surface area contributed by atoms with Crippen LogP contribution < -0.4 is 10.6 Å². The van der Waals surface area contributed by atoms with Gasteiger partial charge in [0.1, 0.15) is 17.7 Å². The Morgan fingerprint density at radius 1 is 0.838 bits per heavy atom. The van der Waals surface area contributed by atoms with Gasteiger partial charge in [-0.2, -0.15) is 0 Å². The number of carbonyl (C=O) groups excluding carboxylic acids is 2. The second-order valence-corrected chi connectivity index (χ2v) is 11.6. The van der Waals surface area contributed by atoms with E-state index in [1.165, 1.54) is 16.7 Å². The van der Waals surface area contributed by atoms with Gasteiger partial charge in [0.2, 0.25) is 5.91 Å². The van der Waals surface area contributed by atoms with Crippen LogP contribution in [0.2, 0.25) is 0 Å². The van der Waals surface area contributed by atoms with Crippen LogP contribution in [0.25, 0.3) is 0 Å². The second-order valence-electron chi connectivity index (χ2n) is 11.6. The highest BCUT2D eigenvalue weighted by molar-refractivity contribution is 5.89. The summed E-state index contributed by atoms with van der Waals surface area (Å²) in [6.45, 7) is 17.6. The van der Waals surface area contributed by atoms with Crippen molar-refractivity contribution in [3.63, 3.8) is 0 Å². The summed E-state index contributed by atoms with van der Waals surface area (Å²) in [4.78, 5) is 36.8. The molecule has 0 heterocycles. The van der Waals surface area contributed by atoms with Crippen molar-refractivity contribution in [2.45, 2.75) is 131 Å². The zero-order valence-electron chi connectivity index (χ0n) is 24.7. The number of allylic oxidation sites excluding steroid dienone is 6. The molecular formula is C30H52N2O5. The first-order valence-corrected chi connectivity index (χ1v) is 13.6. The molecule has 3 N–H and O–H groups in total. The van der Waals surface area contributed by atoms with E-state index in [0.717, 1.165) is 32.1 Å². The first-order chi connectivity index (χ1) is 17.1. The number of amides is 2. The van der Waals surface area contributed by atoms with Crippen LogP contribution >= 0.6 is 0 Å². The summed E-state index contributed by atoms with van der Waals surface area (Å²) in [7, 11) is 0. The van der Waals surface area contributed by atoms with E-state index in [0.29, 0.717) is 19.3 Å². The molecule has 0 aliphatic rings. The third-order valence-electron chi connectivity index (χ3n) is 5.64. The molecule has 7 heteroatoms. The van der Waals surface area contributed by atoms with E-state index in [4.69, 9.17) is 4.74 Å². The molecule has 212 valence electrons. The molecule has 0 rings (SSSR count). The fourth-order valence-electron chi connectivity index (χ4n) is 3.69. The fourth-order valence-corrected chi connectivity index (χ4v) is 3.69. The van der Waals surface area contributed by atoms with Gasteiger partial charge in [-0.3, -0.25) is 4.79 Å². The summed E-state index contributed by atoms with van der Waals surface area (Å²) in [5.74, 6) is -1.47. The van der Waals surface area contributed by atoms with Crippen LogP contribution in [0.15, 0.2) is 34.9 Å². The number of carbonyl (C=O) groups is 3. The third-order valence-corrected chi connectivity index (χ3v) is 5.64. The molecule has 2 unspecified atom stereocenters. The first kappa shape index (κ1) is 34.4. The van der Waals surface area contributed by atoms with Crippen molar-refractivity contribution >= 4 is 18.0 Å². The van der Waals surface area contributed by atoms with Crippen LogP contribution in [0, 0.1) is 5.92 Å². The molecule has 0 fully saturated rings. The van der Waals surface area contributed by atoms with Crippen molar-refractivity contribution in [1.82, 2.24) is 10.6 Å². The SMILES string of the molecule is CC(C)=CCCC(C)=CCCC(C)=CCCCC(NC(=O)C(CC(C)C)NC(=O)OC(C)(C)C)C(=O)O. The minimum atomic E-state index is -1.08. The fraction of sp³-hybridized carbons (Fsp3) is 0.700. The summed E-state index contributed by atoms with van der Waals surface area (Å²) in [6.07, 6.45) is 12.2. The van der Waals surface area contributed by atoms with Crippen molar-refractivity contribution in [3.8, 4) is 0 Å². The molecule has 0 bridgehead atoms. The largest absolute Gasteiger partial charge is 0.480 e. The average Bonchev–Trinajstić information content (AvgIpc) is 2.73. The molecule has 0 saturated heterocycles.